The number of amides is 2. The molecule has 3 rings (SSSR count). The standard InChI is InChI=1S/C22H17N3O8/c1-32-18-11-13(5-9-16(18)26)21(28)23-24-22(29)15-8-10-17(27)20(33-2)19(15)12-3-6-14(7-4-12)25(30)31/h3-11,26-27H,1-2H3. The van der Waals surface area contributed by atoms with Crippen molar-refractivity contribution in [2.24, 2.45) is 10.2 Å². The van der Waals surface area contributed by atoms with Gasteiger partial charge < -0.3 is 19.7 Å². The first kappa shape index (κ1) is 22.9. The molecular weight excluding hydrogens is 434 g/mol. The Morgan fingerprint density at radius 3 is 2.12 bits per heavy atom. The second-order valence-electron chi connectivity index (χ2n) is 6.54. The number of methoxy groups -OCH3 is 2. The summed E-state index contributed by atoms with van der Waals surface area (Å²) in [4.78, 5) is 35.5. The van der Waals surface area contributed by atoms with Gasteiger partial charge in [-0.2, -0.15) is 0 Å². The van der Waals surface area contributed by atoms with Crippen molar-refractivity contribution in [3.05, 3.63) is 75.8 Å². The van der Waals surface area contributed by atoms with Gasteiger partial charge >= 0.3 is 0 Å². The number of hydrogen-bond acceptors (Lipinski definition) is 8. The Labute approximate surface area is 186 Å². The molecule has 0 bridgehead atoms. The second kappa shape index (κ2) is 9.56. The lowest BCUT2D eigenvalue weighted by molar-refractivity contribution is -0.384. The van der Waals surface area contributed by atoms with Gasteiger partial charge in [0.05, 0.1) is 24.7 Å². The van der Waals surface area contributed by atoms with Crippen LogP contribution in [0.4, 0.5) is 5.69 Å². The highest BCUT2D eigenvalue weighted by Gasteiger charge is 2.21. The van der Waals surface area contributed by atoms with Crippen LogP contribution in [0.5, 0.6) is 23.0 Å². The quantitative estimate of drug-likeness (QED) is 0.321. The number of azo groups is 1. The Balaban J connectivity index is 1.99. The molecule has 0 fully saturated rings. The molecule has 2 amide bonds. The van der Waals surface area contributed by atoms with Crippen LogP contribution in [0.3, 0.4) is 0 Å². The molecule has 0 radical (unpaired) electrons. The largest absolute Gasteiger partial charge is 0.504 e. The molecule has 0 aliphatic carbocycles. The number of nitrogens with zero attached hydrogens (tertiary/aromatic N) is 3. The van der Waals surface area contributed by atoms with E-state index in [0.717, 1.165) is 0 Å². The van der Waals surface area contributed by atoms with Crippen molar-refractivity contribution >= 4 is 17.5 Å². The fourth-order valence-corrected chi connectivity index (χ4v) is 3.01. The Bertz CT molecular complexity index is 1270. The third kappa shape index (κ3) is 4.77. The fraction of sp³-hybridized carbons (Fsp3) is 0.0909. The number of aromatic hydroxyl groups is 2. The molecule has 33 heavy (non-hydrogen) atoms. The highest BCUT2D eigenvalue weighted by Crippen LogP contribution is 2.41. The predicted molar refractivity (Wildman–Crippen MR) is 115 cm³/mol. The summed E-state index contributed by atoms with van der Waals surface area (Å²) >= 11 is 0. The van der Waals surface area contributed by atoms with Gasteiger partial charge in [0.1, 0.15) is 0 Å². The molecule has 0 saturated carbocycles. The van der Waals surface area contributed by atoms with Gasteiger partial charge in [0.2, 0.25) is 0 Å². The van der Waals surface area contributed by atoms with Crippen LogP contribution in [0.15, 0.2) is 64.8 Å². The van der Waals surface area contributed by atoms with Crippen LogP contribution < -0.4 is 9.47 Å². The van der Waals surface area contributed by atoms with Crippen LogP contribution in [0.1, 0.15) is 20.7 Å². The van der Waals surface area contributed by atoms with E-state index in [1.807, 2.05) is 0 Å². The van der Waals surface area contributed by atoms with E-state index >= 15 is 0 Å². The maximum Gasteiger partial charge on any atom is 0.296 e. The molecule has 2 N–H and O–H groups in total. The first-order chi connectivity index (χ1) is 15.8. The molecule has 11 nitrogen and oxygen atoms in total. The number of phenolic OH excluding ortho intramolecular Hbond substituents is 2. The number of ether oxygens (including phenoxy) is 2. The molecule has 0 aliphatic rings. The Morgan fingerprint density at radius 1 is 0.879 bits per heavy atom. The van der Waals surface area contributed by atoms with Crippen molar-refractivity contribution in [2.75, 3.05) is 14.2 Å². The van der Waals surface area contributed by atoms with Crippen LogP contribution in [0.25, 0.3) is 11.1 Å². The molecule has 0 atom stereocenters. The SMILES string of the molecule is COc1cc(C(=O)N=NC(=O)c2ccc(O)c(OC)c2-c2ccc([N+](=O)[O-])cc2)ccc1O. The lowest BCUT2D eigenvalue weighted by atomic mass is 9.97. The molecule has 3 aromatic rings. The number of nitro groups is 1. The minimum absolute atomic E-state index is 0.0279. The van der Waals surface area contributed by atoms with E-state index in [9.17, 15) is 29.9 Å². The molecule has 0 aromatic heterocycles. The average Bonchev–Trinajstić information content (AvgIpc) is 2.82. The van der Waals surface area contributed by atoms with Crippen molar-refractivity contribution in [2.45, 2.75) is 0 Å². The van der Waals surface area contributed by atoms with E-state index in [0.29, 0.717) is 5.56 Å². The molecule has 0 spiro atoms. The third-order valence-electron chi connectivity index (χ3n) is 4.60. The summed E-state index contributed by atoms with van der Waals surface area (Å²) in [6, 6.07) is 11.5. The van der Waals surface area contributed by atoms with E-state index in [-0.39, 0.29) is 45.4 Å². The van der Waals surface area contributed by atoms with E-state index in [1.54, 1.807) is 0 Å². The highest BCUT2D eigenvalue weighted by atomic mass is 16.6. The van der Waals surface area contributed by atoms with Gasteiger partial charge in [-0.25, -0.2) is 0 Å². The van der Waals surface area contributed by atoms with E-state index < -0.39 is 16.7 Å². The summed E-state index contributed by atoms with van der Waals surface area (Å²) in [6.07, 6.45) is 0. The highest BCUT2D eigenvalue weighted by molar-refractivity contribution is 6.04. The molecule has 168 valence electrons. The maximum absolute atomic E-state index is 12.8. The van der Waals surface area contributed by atoms with E-state index in [2.05, 4.69) is 10.2 Å². The first-order valence-electron chi connectivity index (χ1n) is 9.29. The topological polar surface area (TPSA) is 161 Å². The monoisotopic (exact) mass is 451 g/mol. The van der Waals surface area contributed by atoms with Crippen molar-refractivity contribution in [3.63, 3.8) is 0 Å². The first-order valence-corrected chi connectivity index (χ1v) is 9.29. The van der Waals surface area contributed by atoms with Gasteiger partial charge in [-0.1, -0.05) is 0 Å². The zero-order chi connectivity index (χ0) is 24.1. The summed E-state index contributed by atoms with van der Waals surface area (Å²) in [5.74, 6) is -2.23. The summed E-state index contributed by atoms with van der Waals surface area (Å²) < 4.78 is 10.2. The lowest BCUT2D eigenvalue weighted by Gasteiger charge is -2.13. The minimum Gasteiger partial charge on any atom is -0.504 e. The molecule has 0 saturated heterocycles. The van der Waals surface area contributed by atoms with Gasteiger partial charge in [0.25, 0.3) is 17.5 Å². The number of carbonyl (C=O) groups excluding carboxylic acids is 2. The van der Waals surface area contributed by atoms with Gasteiger partial charge in [-0.15, -0.1) is 10.2 Å². The maximum atomic E-state index is 12.8. The predicted octanol–water partition coefficient (Wildman–Crippen LogP) is 4.12. The molecule has 3 aromatic carbocycles. The molecule has 0 heterocycles. The van der Waals surface area contributed by atoms with Crippen LogP contribution in [-0.4, -0.2) is 41.2 Å². The number of phenols is 2. The Hall–Kier alpha value is -4.80. The minimum atomic E-state index is -0.916. The summed E-state index contributed by atoms with van der Waals surface area (Å²) in [7, 11) is 2.59. The summed E-state index contributed by atoms with van der Waals surface area (Å²) in [5, 5.41) is 37.6. The average molecular weight is 451 g/mol. The van der Waals surface area contributed by atoms with Gasteiger partial charge in [-0.3, -0.25) is 19.7 Å². The third-order valence-corrected chi connectivity index (χ3v) is 4.60. The Morgan fingerprint density at radius 2 is 1.52 bits per heavy atom. The fourth-order valence-electron chi connectivity index (χ4n) is 3.01. The zero-order valence-electron chi connectivity index (χ0n) is 17.4. The smallest absolute Gasteiger partial charge is 0.296 e. The van der Waals surface area contributed by atoms with Gasteiger partial charge in [0.15, 0.2) is 23.0 Å². The van der Waals surface area contributed by atoms with Gasteiger partial charge in [-0.05, 0) is 48.0 Å². The van der Waals surface area contributed by atoms with Gasteiger partial charge in [0, 0.05) is 23.3 Å². The number of non-ortho nitro benzene ring substituents is 1. The number of benzene rings is 3. The number of hydrogen-bond donors (Lipinski definition) is 2. The zero-order valence-corrected chi connectivity index (χ0v) is 17.4. The van der Waals surface area contributed by atoms with Crippen LogP contribution >= 0.6 is 0 Å². The number of rotatable bonds is 6. The molecule has 0 unspecified atom stereocenters. The molecular formula is C22H17N3O8. The lowest BCUT2D eigenvalue weighted by Crippen LogP contribution is -2.02. The second-order valence-corrected chi connectivity index (χ2v) is 6.54. The van der Waals surface area contributed by atoms with Crippen LogP contribution in [0.2, 0.25) is 0 Å². The Kier molecular flexibility index (Phi) is 6.63. The van der Waals surface area contributed by atoms with Crippen LogP contribution in [0, 0.1) is 10.1 Å². The van der Waals surface area contributed by atoms with Crippen LogP contribution in [-0.2, 0) is 0 Å². The number of nitro benzene ring substituents is 1. The van der Waals surface area contributed by atoms with E-state index in [4.69, 9.17) is 9.47 Å². The van der Waals surface area contributed by atoms with Crippen molar-refractivity contribution in [3.8, 4) is 34.1 Å². The molecule has 0 aliphatic heterocycles. The van der Waals surface area contributed by atoms with Crippen molar-refractivity contribution in [1.82, 2.24) is 0 Å². The van der Waals surface area contributed by atoms with E-state index in [1.165, 1.54) is 68.8 Å². The number of carbonyl (C=O) groups is 2. The summed E-state index contributed by atoms with van der Waals surface area (Å²) in [6.45, 7) is 0. The van der Waals surface area contributed by atoms with Crippen molar-refractivity contribution < 1.29 is 34.2 Å². The normalized spacial score (nSPS) is 10.7. The molecule has 11 heteroatoms. The summed E-state index contributed by atoms with van der Waals surface area (Å²) in [5.41, 5.74) is 0.260. The van der Waals surface area contributed by atoms with Crippen molar-refractivity contribution in [1.29, 1.82) is 0 Å².